The van der Waals surface area contributed by atoms with Crippen molar-refractivity contribution < 1.29 is 13.2 Å². The molecule has 1 aliphatic rings. The van der Waals surface area contributed by atoms with Crippen molar-refractivity contribution in [1.29, 1.82) is 0 Å². The van der Waals surface area contributed by atoms with Crippen molar-refractivity contribution in [2.75, 3.05) is 0 Å². The molecule has 0 aromatic carbocycles. The molecule has 8 heavy (non-hydrogen) atoms. The monoisotopic (exact) mass is 137 g/mol. The second-order valence-electron chi connectivity index (χ2n) is 1.80. The molecule has 1 fully saturated rings. The molecule has 1 saturated heterocycles. The number of sulfonamides is 1. The minimum Gasteiger partial charge on any atom is -0.351 e. The van der Waals surface area contributed by atoms with Crippen molar-refractivity contribution in [3.63, 3.8) is 0 Å². The van der Waals surface area contributed by atoms with Gasteiger partial charge in [-0.3, -0.25) is 0 Å². The molecule has 0 unspecified atom stereocenters. The Hall–Kier alpha value is -0.130. The minimum absolute atomic E-state index is 0.204. The second kappa shape index (κ2) is 1.43. The van der Waals surface area contributed by atoms with Crippen LogP contribution in [0.2, 0.25) is 0 Å². The molecule has 1 rings (SSSR count). The molecule has 48 valence electrons. The largest absolute Gasteiger partial charge is 0.351 e. The van der Waals surface area contributed by atoms with Gasteiger partial charge in [-0.2, -0.15) is 0 Å². The number of hydrogen-bond acceptors (Lipinski definition) is 3. The van der Waals surface area contributed by atoms with Crippen LogP contribution in [0, 0.1) is 0 Å². The number of primary sulfonamides is 1. The van der Waals surface area contributed by atoms with E-state index in [4.69, 9.17) is 0 Å². The maximum atomic E-state index is 10.3. The Morgan fingerprint density at radius 2 is 2.00 bits per heavy atom. The summed E-state index contributed by atoms with van der Waals surface area (Å²) in [5.74, 6) is 0. The molecule has 0 aromatic rings. The van der Waals surface area contributed by atoms with Gasteiger partial charge in [0.25, 0.3) is 0 Å². The topological polar surface area (TPSA) is 72.7 Å². The summed E-state index contributed by atoms with van der Waals surface area (Å²) in [4.78, 5) is 0. The summed E-state index contributed by atoms with van der Waals surface area (Å²) in [6.07, 6.45) is -0.204. The van der Waals surface area contributed by atoms with Crippen molar-refractivity contribution in [2.24, 2.45) is 5.14 Å². The van der Waals surface area contributed by atoms with Gasteiger partial charge in [-0.25, -0.2) is 13.6 Å². The highest BCUT2D eigenvalue weighted by molar-refractivity contribution is 7.89. The molecular formula is C3H7NO3S. The lowest BCUT2D eigenvalue weighted by Gasteiger charge is -1.83. The average Bonchev–Trinajstić information content (AvgIpc) is 2.13. The van der Waals surface area contributed by atoms with E-state index in [2.05, 4.69) is 9.88 Å². The molecule has 0 amide bonds. The van der Waals surface area contributed by atoms with Gasteiger partial charge in [-0.15, -0.1) is 0 Å². The van der Waals surface area contributed by atoms with Gasteiger partial charge in [0.1, 0.15) is 0 Å². The lowest BCUT2D eigenvalue weighted by molar-refractivity contribution is 0.405. The zero-order valence-electron chi connectivity index (χ0n) is 4.37. The Labute approximate surface area is 47.7 Å². The number of ether oxygens (including phenoxy) is 1. The summed E-state index contributed by atoms with van der Waals surface area (Å²) >= 11 is 0. The van der Waals surface area contributed by atoms with E-state index in [-0.39, 0.29) is 6.10 Å². The first-order valence-electron chi connectivity index (χ1n) is 2.19. The van der Waals surface area contributed by atoms with Gasteiger partial charge >= 0.3 is 0 Å². The molecule has 5 heteroatoms. The van der Waals surface area contributed by atoms with Crippen LogP contribution in [0.25, 0.3) is 0 Å². The van der Waals surface area contributed by atoms with Crippen molar-refractivity contribution in [3.05, 3.63) is 0 Å². The van der Waals surface area contributed by atoms with E-state index in [0.29, 0.717) is 0 Å². The van der Waals surface area contributed by atoms with Crippen LogP contribution < -0.4 is 5.14 Å². The third-order valence-electron chi connectivity index (χ3n) is 0.979. The average molecular weight is 137 g/mol. The first kappa shape index (κ1) is 6.00. The van der Waals surface area contributed by atoms with Gasteiger partial charge in [0.2, 0.25) is 10.0 Å². The number of epoxide rings is 1. The third kappa shape index (κ3) is 0.988. The van der Waals surface area contributed by atoms with E-state index in [9.17, 15) is 8.42 Å². The molecule has 0 aliphatic carbocycles. The number of hydrogen-bond donors (Lipinski definition) is 1. The maximum absolute atomic E-state index is 10.3. The van der Waals surface area contributed by atoms with Crippen molar-refractivity contribution in [1.82, 2.24) is 0 Å². The van der Waals surface area contributed by atoms with Gasteiger partial charge in [0, 0.05) is 0 Å². The fourth-order valence-electron chi connectivity index (χ4n) is 0.511. The van der Waals surface area contributed by atoms with Crippen molar-refractivity contribution in [3.8, 4) is 0 Å². The first-order chi connectivity index (χ1) is 3.52. The van der Waals surface area contributed by atoms with Gasteiger partial charge in [-0.05, 0) is 6.92 Å². The lowest BCUT2D eigenvalue weighted by Crippen LogP contribution is -2.19. The van der Waals surface area contributed by atoms with E-state index in [1.165, 1.54) is 0 Å². The zero-order valence-corrected chi connectivity index (χ0v) is 5.18. The molecule has 0 saturated carbocycles. The summed E-state index contributed by atoms with van der Waals surface area (Å²) in [7, 11) is -3.40. The van der Waals surface area contributed by atoms with Gasteiger partial charge in [0.15, 0.2) is 5.44 Å². The molecule has 0 aromatic heterocycles. The normalized spacial score (nSPS) is 37.2. The molecule has 0 spiro atoms. The molecule has 0 bridgehead atoms. The van der Waals surface area contributed by atoms with Crippen LogP contribution in [0.15, 0.2) is 0 Å². The lowest BCUT2D eigenvalue weighted by atomic mass is 10.6. The Balaban J connectivity index is 2.66. The summed E-state index contributed by atoms with van der Waals surface area (Å²) in [5.41, 5.74) is -0.734. The molecule has 2 N–H and O–H groups in total. The van der Waals surface area contributed by atoms with Crippen LogP contribution >= 0.6 is 0 Å². The van der Waals surface area contributed by atoms with Crippen molar-refractivity contribution in [2.45, 2.75) is 18.5 Å². The van der Waals surface area contributed by atoms with Crippen molar-refractivity contribution >= 4 is 10.0 Å². The van der Waals surface area contributed by atoms with Crippen LogP contribution in [-0.2, 0) is 14.8 Å². The quantitative estimate of drug-likeness (QED) is 0.472. The molecule has 0 radical (unpaired) electrons. The summed E-state index contributed by atoms with van der Waals surface area (Å²) in [6.45, 7) is 1.66. The Morgan fingerprint density at radius 1 is 1.62 bits per heavy atom. The molecule has 1 aliphatic heterocycles. The fourth-order valence-corrected chi connectivity index (χ4v) is 1.38. The highest BCUT2D eigenvalue weighted by Crippen LogP contribution is 2.23. The van der Waals surface area contributed by atoms with E-state index in [0.717, 1.165) is 0 Å². The Morgan fingerprint density at radius 3 is 2.00 bits per heavy atom. The molecular weight excluding hydrogens is 130 g/mol. The van der Waals surface area contributed by atoms with Gasteiger partial charge < -0.3 is 4.74 Å². The van der Waals surface area contributed by atoms with Crippen LogP contribution in [0.5, 0.6) is 0 Å². The number of rotatable bonds is 1. The third-order valence-corrected chi connectivity index (χ3v) is 2.12. The summed E-state index contributed by atoms with van der Waals surface area (Å²) in [6, 6.07) is 0. The van der Waals surface area contributed by atoms with E-state index in [1.807, 2.05) is 0 Å². The van der Waals surface area contributed by atoms with E-state index in [1.54, 1.807) is 6.92 Å². The Bertz CT molecular complexity index is 185. The van der Waals surface area contributed by atoms with Crippen LogP contribution in [0.1, 0.15) is 6.92 Å². The smallest absolute Gasteiger partial charge is 0.238 e. The fraction of sp³-hybridized carbons (Fsp3) is 1.00. The van der Waals surface area contributed by atoms with Gasteiger partial charge in [0.05, 0.1) is 6.10 Å². The van der Waals surface area contributed by atoms with Crippen LogP contribution in [-0.4, -0.2) is 20.0 Å². The Kier molecular flexibility index (Phi) is 1.07. The maximum Gasteiger partial charge on any atom is 0.238 e. The number of nitrogens with two attached hydrogens (primary N) is 1. The van der Waals surface area contributed by atoms with E-state index < -0.39 is 15.5 Å². The second-order valence-corrected chi connectivity index (χ2v) is 3.44. The zero-order chi connectivity index (χ0) is 6.36. The van der Waals surface area contributed by atoms with E-state index >= 15 is 0 Å². The minimum atomic E-state index is -3.40. The van der Waals surface area contributed by atoms with Gasteiger partial charge in [-0.1, -0.05) is 0 Å². The molecule has 4 nitrogen and oxygen atoms in total. The highest BCUT2D eigenvalue weighted by Gasteiger charge is 2.43. The summed E-state index contributed by atoms with van der Waals surface area (Å²) in [5, 5.41) is 4.68. The SMILES string of the molecule is C[C@@H]1O[C@@H]1S(N)(=O)=O. The first-order valence-corrected chi connectivity index (χ1v) is 3.80. The standard InChI is InChI=1S/C3H7NO3S/c1-2-3(7-2)8(4,5)6/h2-3H,1H3,(H2,4,5,6)/t2-,3+/m0/s1. The predicted molar refractivity (Wildman–Crippen MR) is 27.4 cm³/mol. The summed E-state index contributed by atoms with van der Waals surface area (Å²) < 4.78 is 25.1. The molecule has 1 heterocycles. The highest BCUT2D eigenvalue weighted by atomic mass is 32.2. The predicted octanol–water partition coefficient (Wildman–Crippen LogP) is -0.980. The molecule has 2 atom stereocenters. The van der Waals surface area contributed by atoms with Crippen LogP contribution in [0.3, 0.4) is 0 Å². The van der Waals surface area contributed by atoms with Crippen LogP contribution in [0.4, 0.5) is 0 Å².